The highest BCUT2D eigenvalue weighted by atomic mass is 19.1. The van der Waals surface area contributed by atoms with Gasteiger partial charge in [-0.05, 0) is 25.0 Å². The number of nitrogens with two attached hydrogens (primary N) is 1. The number of urea groups is 1. The van der Waals surface area contributed by atoms with Gasteiger partial charge in [-0.15, -0.1) is 0 Å². The van der Waals surface area contributed by atoms with Crippen molar-refractivity contribution < 1.29 is 32.6 Å². The van der Waals surface area contributed by atoms with Gasteiger partial charge in [-0.25, -0.2) is 13.6 Å². The molecule has 3 atom stereocenters. The number of benzene rings is 1. The molecule has 3 aliphatic heterocycles. The van der Waals surface area contributed by atoms with E-state index >= 15 is 4.39 Å². The molecule has 3 aliphatic rings. The summed E-state index contributed by atoms with van der Waals surface area (Å²) in [5.41, 5.74) is 6.54. The fraction of sp³-hybridized carbons (Fsp3) is 0.550. The van der Waals surface area contributed by atoms with Crippen LogP contribution in [0.5, 0.6) is 5.75 Å². The lowest BCUT2D eigenvalue weighted by molar-refractivity contribution is -0.146. The van der Waals surface area contributed by atoms with E-state index in [1.807, 2.05) is 0 Å². The van der Waals surface area contributed by atoms with Crippen LogP contribution in [0.3, 0.4) is 0 Å². The molecule has 4 rings (SSSR count). The number of carbonyl (C=O) groups is 3. The summed E-state index contributed by atoms with van der Waals surface area (Å²) in [6.45, 7) is 1.19. The fourth-order valence-corrected chi connectivity index (χ4v) is 4.16. The largest absolute Gasteiger partial charge is 0.493 e. The Hall–Kier alpha value is -2.59. The van der Waals surface area contributed by atoms with Gasteiger partial charge in [0.15, 0.2) is 0 Å². The number of ether oxygens (including phenoxy) is 2. The Morgan fingerprint density at radius 2 is 1.93 bits per heavy atom. The van der Waals surface area contributed by atoms with Gasteiger partial charge in [-0.1, -0.05) is 0 Å². The highest BCUT2D eigenvalue weighted by molar-refractivity contribution is 6.16. The Kier molecular flexibility index (Phi) is 5.70. The lowest BCUT2D eigenvalue weighted by Crippen LogP contribution is -2.62. The van der Waals surface area contributed by atoms with Crippen molar-refractivity contribution in [3.05, 3.63) is 29.1 Å². The Balaban J connectivity index is 1.50. The summed E-state index contributed by atoms with van der Waals surface area (Å²) in [5.74, 6) is -3.26. The minimum absolute atomic E-state index is 0.0795. The number of alkyl halides is 1. The summed E-state index contributed by atoms with van der Waals surface area (Å²) in [7, 11) is 0. The summed E-state index contributed by atoms with van der Waals surface area (Å²) in [4.78, 5) is 38.3. The van der Waals surface area contributed by atoms with E-state index in [9.17, 15) is 18.8 Å². The zero-order valence-electron chi connectivity index (χ0n) is 16.2. The summed E-state index contributed by atoms with van der Waals surface area (Å²) >= 11 is 0. The predicted molar refractivity (Wildman–Crippen MR) is 99.8 cm³/mol. The van der Waals surface area contributed by atoms with Gasteiger partial charge in [0.25, 0.3) is 0 Å². The van der Waals surface area contributed by atoms with Gasteiger partial charge < -0.3 is 15.2 Å². The first-order valence-corrected chi connectivity index (χ1v) is 9.97. The lowest BCUT2D eigenvalue weighted by Gasteiger charge is -2.37. The Bertz CT molecular complexity index is 874. The summed E-state index contributed by atoms with van der Waals surface area (Å²) in [5, 5.41) is 2.12. The SMILES string of the molecule is N[C@@H](c1cc2c(cc1F)CCO2)[C@@H](F)CC1C(=O)NC(=O)N(C2CCOCC2)C1=O. The van der Waals surface area contributed by atoms with E-state index in [4.69, 9.17) is 15.2 Å². The second-order valence-electron chi connectivity index (χ2n) is 7.76. The highest BCUT2D eigenvalue weighted by Crippen LogP contribution is 2.34. The molecule has 4 amide bonds. The smallest absolute Gasteiger partial charge is 0.331 e. The molecule has 0 aliphatic carbocycles. The van der Waals surface area contributed by atoms with Crippen molar-refractivity contribution in [1.82, 2.24) is 10.2 Å². The molecule has 0 saturated carbocycles. The number of amides is 4. The van der Waals surface area contributed by atoms with Crippen LogP contribution in [0.2, 0.25) is 0 Å². The molecule has 0 bridgehead atoms. The molecule has 2 saturated heterocycles. The van der Waals surface area contributed by atoms with Crippen LogP contribution in [0.1, 0.15) is 36.4 Å². The van der Waals surface area contributed by atoms with E-state index in [0.717, 1.165) is 4.90 Å². The molecule has 8 nitrogen and oxygen atoms in total. The molecule has 0 spiro atoms. The Labute approximate surface area is 171 Å². The van der Waals surface area contributed by atoms with Gasteiger partial charge >= 0.3 is 6.03 Å². The van der Waals surface area contributed by atoms with Crippen LogP contribution in [-0.2, 0) is 20.7 Å². The van der Waals surface area contributed by atoms with Crippen LogP contribution >= 0.6 is 0 Å². The third kappa shape index (κ3) is 3.77. The molecular weight excluding hydrogens is 400 g/mol. The Morgan fingerprint density at radius 3 is 2.67 bits per heavy atom. The average molecular weight is 423 g/mol. The first-order chi connectivity index (χ1) is 14.4. The van der Waals surface area contributed by atoms with Crippen LogP contribution in [0.4, 0.5) is 13.6 Å². The van der Waals surface area contributed by atoms with Gasteiger partial charge in [-0.2, -0.15) is 0 Å². The summed E-state index contributed by atoms with van der Waals surface area (Å²) < 4.78 is 40.1. The number of hydrogen-bond donors (Lipinski definition) is 2. The maximum atomic E-state index is 15.0. The van der Waals surface area contributed by atoms with Crippen LogP contribution in [0.25, 0.3) is 0 Å². The van der Waals surface area contributed by atoms with Crippen molar-refractivity contribution in [3.63, 3.8) is 0 Å². The minimum atomic E-state index is -1.89. The summed E-state index contributed by atoms with van der Waals surface area (Å²) in [6, 6.07) is 0.0212. The monoisotopic (exact) mass is 423 g/mol. The van der Waals surface area contributed by atoms with Crippen molar-refractivity contribution in [2.75, 3.05) is 19.8 Å². The normalized spacial score (nSPS) is 24.3. The second kappa shape index (κ2) is 8.27. The molecular formula is C20H23F2N3O5. The highest BCUT2D eigenvalue weighted by Gasteiger charge is 2.45. The zero-order chi connectivity index (χ0) is 21.4. The van der Waals surface area contributed by atoms with E-state index in [1.165, 1.54) is 12.1 Å². The molecule has 3 N–H and O–H groups in total. The molecule has 1 aromatic carbocycles. The molecule has 1 unspecified atom stereocenters. The van der Waals surface area contributed by atoms with Crippen LogP contribution in [0, 0.1) is 11.7 Å². The molecule has 2 fully saturated rings. The lowest BCUT2D eigenvalue weighted by atomic mass is 9.90. The number of imide groups is 2. The maximum absolute atomic E-state index is 15.0. The third-order valence-electron chi connectivity index (χ3n) is 5.88. The van der Waals surface area contributed by atoms with Crippen LogP contribution in [-0.4, -0.2) is 54.8 Å². The van der Waals surface area contributed by atoms with E-state index in [2.05, 4.69) is 5.32 Å². The number of barbiturate groups is 1. The van der Waals surface area contributed by atoms with E-state index in [0.29, 0.717) is 50.4 Å². The number of nitrogens with one attached hydrogen (secondary N) is 1. The molecule has 3 heterocycles. The van der Waals surface area contributed by atoms with Gasteiger partial charge in [0.05, 0.1) is 12.6 Å². The number of carbonyl (C=O) groups excluding carboxylic acids is 3. The van der Waals surface area contributed by atoms with Gasteiger partial charge in [0.1, 0.15) is 23.7 Å². The first-order valence-electron chi connectivity index (χ1n) is 9.97. The molecule has 0 radical (unpaired) electrons. The molecule has 30 heavy (non-hydrogen) atoms. The van der Waals surface area contributed by atoms with Crippen LogP contribution < -0.4 is 15.8 Å². The van der Waals surface area contributed by atoms with Crippen molar-refractivity contribution in [1.29, 1.82) is 0 Å². The third-order valence-corrected chi connectivity index (χ3v) is 5.88. The standard InChI is InChI=1S/C20H23F2N3O5/c21-14-7-10-1-6-30-16(10)9-12(14)17(23)15(22)8-13-18(26)24-20(28)25(19(13)27)11-2-4-29-5-3-11/h7,9,11,13,15,17H,1-6,8,23H2,(H,24,26,28)/t13?,15-,17-/m0/s1. The fourth-order valence-electron chi connectivity index (χ4n) is 4.16. The Morgan fingerprint density at radius 1 is 1.20 bits per heavy atom. The minimum Gasteiger partial charge on any atom is -0.493 e. The predicted octanol–water partition coefficient (Wildman–Crippen LogP) is 1.36. The van der Waals surface area contributed by atoms with Crippen LogP contribution in [0.15, 0.2) is 12.1 Å². The van der Waals surface area contributed by atoms with Crippen molar-refractivity contribution in [3.8, 4) is 5.75 Å². The first kappa shape index (κ1) is 20.7. The molecule has 162 valence electrons. The quantitative estimate of drug-likeness (QED) is 0.692. The molecule has 0 aromatic heterocycles. The second-order valence-corrected chi connectivity index (χ2v) is 7.76. The van der Waals surface area contributed by atoms with Crippen molar-refractivity contribution in [2.24, 2.45) is 11.7 Å². The van der Waals surface area contributed by atoms with E-state index in [1.54, 1.807) is 0 Å². The van der Waals surface area contributed by atoms with Crippen molar-refractivity contribution >= 4 is 17.8 Å². The molecule has 10 heteroatoms. The number of nitrogens with zero attached hydrogens (tertiary/aromatic N) is 1. The average Bonchev–Trinajstić information content (AvgIpc) is 3.17. The van der Waals surface area contributed by atoms with Gasteiger partial charge in [-0.3, -0.25) is 19.8 Å². The van der Waals surface area contributed by atoms with E-state index < -0.39 is 54.3 Å². The topological polar surface area (TPSA) is 111 Å². The van der Waals surface area contributed by atoms with Gasteiger partial charge in [0, 0.05) is 43.2 Å². The number of halogens is 2. The molecule has 1 aromatic rings. The number of fused-ring (bicyclic) bond motifs is 1. The number of hydrogen-bond acceptors (Lipinski definition) is 6. The number of rotatable bonds is 5. The van der Waals surface area contributed by atoms with Gasteiger partial charge in [0.2, 0.25) is 11.8 Å². The summed E-state index contributed by atoms with van der Waals surface area (Å²) in [6.07, 6.45) is -0.995. The zero-order valence-corrected chi connectivity index (χ0v) is 16.2. The van der Waals surface area contributed by atoms with E-state index in [-0.39, 0.29) is 5.56 Å². The maximum Gasteiger partial charge on any atom is 0.331 e. The van der Waals surface area contributed by atoms with Crippen molar-refractivity contribution in [2.45, 2.75) is 43.9 Å².